The quantitative estimate of drug-likeness (QED) is 0.589. The summed E-state index contributed by atoms with van der Waals surface area (Å²) in [5.74, 6) is -1.62. The fourth-order valence-electron chi connectivity index (χ4n) is 6.23. The van der Waals surface area contributed by atoms with E-state index in [9.17, 15) is 19.5 Å². The van der Waals surface area contributed by atoms with Crippen molar-refractivity contribution in [3.8, 4) is 0 Å². The lowest BCUT2D eigenvalue weighted by Gasteiger charge is -2.38. The lowest BCUT2D eigenvalue weighted by atomic mass is 9.71. The molecule has 7 nitrogen and oxygen atoms in total. The van der Waals surface area contributed by atoms with E-state index in [1.54, 1.807) is 23.6 Å². The first kappa shape index (κ1) is 21.9. The summed E-state index contributed by atoms with van der Waals surface area (Å²) in [5, 5.41) is 13.2. The number of aliphatic hydroxyl groups excluding tert-OH is 1. The highest BCUT2D eigenvalue weighted by Gasteiger charge is 2.74. The molecule has 0 aromatic rings. The molecule has 168 valence electrons. The molecule has 3 aliphatic heterocycles. The van der Waals surface area contributed by atoms with Gasteiger partial charge in [0.1, 0.15) is 6.04 Å². The first-order chi connectivity index (χ1) is 14.5. The summed E-state index contributed by atoms with van der Waals surface area (Å²) in [6.07, 6.45) is 7.50. The van der Waals surface area contributed by atoms with Gasteiger partial charge in [0.2, 0.25) is 11.8 Å². The van der Waals surface area contributed by atoms with Gasteiger partial charge in [0.15, 0.2) is 0 Å². The number of carbonyl (C=O) groups excluding carboxylic acids is 3. The number of esters is 1. The number of carbonyl (C=O) groups is 3. The summed E-state index contributed by atoms with van der Waals surface area (Å²) >= 11 is 1.65. The number of nitrogens with zero attached hydrogens (tertiary/aromatic N) is 1. The molecule has 0 aromatic heterocycles. The van der Waals surface area contributed by atoms with Crippen LogP contribution in [0, 0.1) is 11.8 Å². The van der Waals surface area contributed by atoms with Crippen LogP contribution < -0.4 is 5.32 Å². The van der Waals surface area contributed by atoms with Crippen molar-refractivity contribution >= 4 is 29.5 Å². The average molecular weight is 439 g/mol. The maximum atomic E-state index is 13.7. The maximum absolute atomic E-state index is 13.7. The Bertz CT molecular complexity index is 693. The Hall–Kier alpha value is -1.28. The summed E-state index contributed by atoms with van der Waals surface area (Å²) in [4.78, 5) is 41.7. The summed E-state index contributed by atoms with van der Waals surface area (Å²) in [5.41, 5.74) is 0. The highest BCUT2D eigenvalue weighted by atomic mass is 32.2. The molecule has 8 heteroatoms. The third kappa shape index (κ3) is 3.34. The van der Waals surface area contributed by atoms with Crippen molar-refractivity contribution in [2.24, 2.45) is 11.8 Å². The number of nitrogens with one attached hydrogen (secondary N) is 1. The van der Waals surface area contributed by atoms with Gasteiger partial charge in [0.05, 0.1) is 35.8 Å². The third-order valence-corrected chi connectivity index (χ3v) is 9.52. The molecule has 1 aliphatic carbocycles. The summed E-state index contributed by atoms with van der Waals surface area (Å²) in [6, 6.07) is -0.900. The fraction of sp³-hybridized carbons (Fsp3) is 0.864. The zero-order chi connectivity index (χ0) is 21.5. The van der Waals surface area contributed by atoms with Crippen molar-refractivity contribution in [3.63, 3.8) is 0 Å². The molecule has 3 saturated heterocycles. The number of hydrogen-bond acceptors (Lipinski definition) is 6. The molecule has 3 heterocycles. The molecule has 1 spiro atoms. The summed E-state index contributed by atoms with van der Waals surface area (Å²) in [6.45, 7) is 3.79. The Morgan fingerprint density at radius 1 is 1.27 bits per heavy atom. The van der Waals surface area contributed by atoms with Crippen molar-refractivity contribution in [1.82, 2.24) is 10.2 Å². The van der Waals surface area contributed by atoms with Crippen LogP contribution in [0.5, 0.6) is 0 Å². The highest BCUT2D eigenvalue weighted by Crippen LogP contribution is 2.66. The molecule has 6 atom stereocenters. The van der Waals surface area contributed by atoms with Gasteiger partial charge in [-0.2, -0.15) is 0 Å². The number of hydrogen-bond donors (Lipinski definition) is 2. The van der Waals surface area contributed by atoms with E-state index in [2.05, 4.69) is 5.32 Å². The van der Waals surface area contributed by atoms with E-state index in [-0.39, 0.29) is 42.3 Å². The summed E-state index contributed by atoms with van der Waals surface area (Å²) < 4.78 is 4.73. The lowest BCUT2D eigenvalue weighted by Crippen LogP contribution is -2.58. The molecule has 0 radical (unpaired) electrons. The first-order valence-corrected chi connectivity index (χ1v) is 12.4. The van der Waals surface area contributed by atoms with Gasteiger partial charge in [0.25, 0.3) is 0 Å². The number of fused-ring (bicyclic) bond motifs is 1. The minimum absolute atomic E-state index is 0.0272. The normalized spacial score (nSPS) is 36.6. The Labute approximate surface area is 182 Å². The molecule has 4 aliphatic rings. The smallest absolute Gasteiger partial charge is 0.310 e. The van der Waals surface area contributed by atoms with E-state index in [1.807, 2.05) is 6.92 Å². The first-order valence-electron chi connectivity index (χ1n) is 11.6. The topological polar surface area (TPSA) is 95.9 Å². The summed E-state index contributed by atoms with van der Waals surface area (Å²) in [7, 11) is 0. The molecule has 30 heavy (non-hydrogen) atoms. The van der Waals surface area contributed by atoms with Gasteiger partial charge in [-0.15, -0.1) is 11.8 Å². The minimum Gasteiger partial charge on any atom is -0.466 e. The van der Waals surface area contributed by atoms with Crippen LogP contribution in [-0.2, 0) is 19.1 Å². The number of likely N-dealkylation sites (tertiary alicyclic amines) is 1. The predicted molar refractivity (Wildman–Crippen MR) is 114 cm³/mol. The Morgan fingerprint density at radius 3 is 2.63 bits per heavy atom. The number of aliphatic hydroxyl groups is 1. The predicted octanol–water partition coefficient (Wildman–Crippen LogP) is 1.86. The van der Waals surface area contributed by atoms with Crippen molar-refractivity contribution < 1.29 is 24.2 Å². The zero-order valence-electron chi connectivity index (χ0n) is 18.0. The number of thioether (sulfide) groups is 1. The standard InChI is InChI=1S/C22H34N2O5S/c1-3-14(12-25)24-18(19(26)23-13-8-6-5-7-9-13)22-11-10-15(30-22)16(17(22)20(24)27)21(28)29-4-2/h13-18,25H,3-12H2,1-2H3,(H,23,26)/t14-,15+,16-,17-,18?,22?/m0/s1. The SMILES string of the molecule is CCOC(=O)[C@@H]1[C@H]2C(=O)N([C@@H](CC)CO)C(C(=O)NC3CCCCC3)C23CC[C@H]1S3. The van der Waals surface area contributed by atoms with Gasteiger partial charge in [0, 0.05) is 11.3 Å². The average Bonchev–Trinajstić information content (AvgIpc) is 3.38. The molecule has 2 bridgehead atoms. The van der Waals surface area contributed by atoms with Gasteiger partial charge < -0.3 is 20.1 Å². The van der Waals surface area contributed by atoms with E-state index >= 15 is 0 Å². The third-order valence-electron chi connectivity index (χ3n) is 7.57. The number of ether oxygens (including phenoxy) is 1. The van der Waals surface area contributed by atoms with Crippen LogP contribution in [0.25, 0.3) is 0 Å². The van der Waals surface area contributed by atoms with E-state index in [4.69, 9.17) is 4.74 Å². The molecule has 1 saturated carbocycles. The van der Waals surface area contributed by atoms with Crippen LogP contribution in [0.4, 0.5) is 0 Å². The van der Waals surface area contributed by atoms with Crippen LogP contribution in [0.3, 0.4) is 0 Å². The van der Waals surface area contributed by atoms with Crippen molar-refractivity contribution in [1.29, 1.82) is 0 Å². The van der Waals surface area contributed by atoms with E-state index in [1.165, 1.54) is 6.42 Å². The largest absolute Gasteiger partial charge is 0.466 e. The van der Waals surface area contributed by atoms with E-state index in [0.717, 1.165) is 38.5 Å². The highest BCUT2D eigenvalue weighted by molar-refractivity contribution is 8.02. The molecule has 0 aromatic carbocycles. The second-order valence-corrected chi connectivity index (χ2v) is 10.7. The minimum atomic E-state index is -0.636. The molecular weight excluding hydrogens is 404 g/mol. The number of rotatable bonds is 7. The Morgan fingerprint density at radius 2 is 2.00 bits per heavy atom. The lowest BCUT2D eigenvalue weighted by molar-refractivity contribution is -0.154. The van der Waals surface area contributed by atoms with Gasteiger partial charge in [-0.05, 0) is 39.0 Å². The Kier molecular flexibility index (Phi) is 6.35. The van der Waals surface area contributed by atoms with Gasteiger partial charge in [-0.1, -0.05) is 26.2 Å². The second-order valence-electron chi connectivity index (χ2n) is 9.14. The maximum Gasteiger partial charge on any atom is 0.310 e. The van der Waals surface area contributed by atoms with Crippen LogP contribution in [0.15, 0.2) is 0 Å². The van der Waals surface area contributed by atoms with E-state index in [0.29, 0.717) is 6.42 Å². The Balaban J connectivity index is 1.68. The van der Waals surface area contributed by atoms with Crippen LogP contribution in [-0.4, -0.2) is 69.1 Å². The van der Waals surface area contributed by atoms with Crippen molar-refractivity contribution in [2.75, 3.05) is 13.2 Å². The van der Waals surface area contributed by atoms with Crippen molar-refractivity contribution in [2.45, 2.75) is 93.3 Å². The van der Waals surface area contributed by atoms with Crippen LogP contribution in [0.2, 0.25) is 0 Å². The van der Waals surface area contributed by atoms with Crippen LogP contribution >= 0.6 is 11.8 Å². The number of amides is 2. The van der Waals surface area contributed by atoms with Crippen LogP contribution in [0.1, 0.15) is 65.2 Å². The fourth-order valence-corrected chi connectivity index (χ4v) is 8.42. The molecule has 4 rings (SSSR count). The zero-order valence-corrected chi connectivity index (χ0v) is 18.8. The second kappa shape index (κ2) is 8.69. The van der Waals surface area contributed by atoms with E-state index < -0.39 is 28.7 Å². The molecular formula is C22H34N2O5S. The molecule has 4 fully saturated rings. The van der Waals surface area contributed by atoms with Gasteiger partial charge in [-0.3, -0.25) is 14.4 Å². The van der Waals surface area contributed by atoms with Crippen molar-refractivity contribution in [3.05, 3.63) is 0 Å². The monoisotopic (exact) mass is 438 g/mol. The molecule has 2 amide bonds. The van der Waals surface area contributed by atoms with Gasteiger partial charge >= 0.3 is 5.97 Å². The van der Waals surface area contributed by atoms with Gasteiger partial charge in [-0.25, -0.2) is 0 Å². The molecule has 2 unspecified atom stereocenters. The molecule has 2 N–H and O–H groups in total.